The first kappa shape index (κ1) is 18.9. The molecule has 1 aromatic heterocycles. The summed E-state index contributed by atoms with van der Waals surface area (Å²) in [6.07, 6.45) is 0.428. The number of fused-ring (bicyclic) bond motifs is 2. The van der Waals surface area contributed by atoms with Gasteiger partial charge in [0.15, 0.2) is 0 Å². The third kappa shape index (κ3) is 3.19. The fourth-order valence-corrected chi connectivity index (χ4v) is 3.87. The Balaban J connectivity index is 1.37. The van der Waals surface area contributed by atoms with Crippen molar-refractivity contribution in [2.45, 2.75) is 25.4 Å². The molecule has 1 saturated heterocycles. The second kappa shape index (κ2) is 6.97. The van der Waals surface area contributed by atoms with E-state index in [0.717, 1.165) is 6.07 Å². The third-order valence-corrected chi connectivity index (χ3v) is 5.44. The molecule has 1 fully saturated rings. The number of aromatic amines is 1. The Hall–Kier alpha value is -4.15. The molecule has 3 aromatic rings. The number of benzene rings is 2. The molecule has 5 rings (SSSR count). The van der Waals surface area contributed by atoms with Crippen LogP contribution < -0.4 is 10.6 Å². The molecular weight excluding hydrogens is 407 g/mol. The number of imide groups is 1. The Bertz CT molecular complexity index is 1290. The van der Waals surface area contributed by atoms with Gasteiger partial charge in [0.25, 0.3) is 11.8 Å². The molecule has 0 spiro atoms. The molecule has 11 heteroatoms. The van der Waals surface area contributed by atoms with E-state index in [2.05, 4.69) is 26.0 Å². The van der Waals surface area contributed by atoms with E-state index in [4.69, 9.17) is 0 Å². The average Bonchev–Trinajstić information content (AvgIpc) is 3.31. The zero-order valence-corrected chi connectivity index (χ0v) is 15.9. The highest BCUT2D eigenvalue weighted by atomic mass is 19.1. The quantitative estimate of drug-likeness (QED) is 0.541. The van der Waals surface area contributed by atoms with Gasteiger partial charge in [-0.3, -0.25) is 24.5 Å². The average molecular weight is 422 g/mol. The Morgan fingerprint density at radius 2 is 1.90 bits per heavy atom. The van der Waals surface area contributed by atoms with Crippen LogP contribution in [-0.2, 0) is 16.1 Å². The summed E-state index contributed by atoms with van der Waals surface area (Å²) in [6, 6.07) is 6.44. The lowest BCUT2D eigenvalue weighted by molar-refractivity contribution is -0.136. The SMILES string of the molecule is O=C1CCC(N2Cc3ccc(NC(=O)c4cc5n[nH]nc5cc4F)cc3C2=O)C(=O)N1. The van der Waals surface area contributed by atoms with Crippen molar-refractivity contribution in [2.24, 2.45) is 0 Å². The molecule has 1 atom stereocenters. The predicted molar refractivity (Wildman–Crippen MR) is 104 cm³/mol. The van der Waals surface area contributed by atoms with Crippen LogP contribution in [0.3, 0.4) is 0 Å². The minimum absolute atomic E-state index is 0.166. The number of hydrogen-bond donors (Lipinski definition) is 3. The first-order valence-electron chi connectivity index (χ1n) is 9.49. The number of anilines is 1. The second-order valence-electron chi connectivity index (χ2n) is 7.37. The maximum atomic E-state index is 14.3. The number of aromatic nitrogens is 3. The minimum Gasteiger partial charge on any atom is -0.322 e. The molecule has 10 nitrogen and oxygen atoms in total. The Labute approximate surface area is 173 Å². The van der Waals surface area contributed by atoms with E-state index >= 15 is 0 Å². The highest BCUT2D eigenvalue weighted by Crippen LogP contribution is 2.29. The highest BCUT2D eigenvalue weighted by Gasteiger charge is 2.39. The Morgan fingerprint density at radius 3 is 2.68 bits per heavy atom. The van der Waals surface area contributed by atoms with Crippen LogP contribution >= 0.6 is 0 Å². The normalized spacial score (nSPS) is 18.3. The minimum atomic E-state index is -0.750. The van der Waals surface area contributed by atoms with Crippen molar-refractivity contribution in [3.8, 4) is 0 Å². The number of nitrogens with zero attached hydrogens (tertiary/aromatic N) is 3. The van der Waals surface area contributed by atoms with Gasteiger partial charge >= 0.3 is 0 Å². The van der Waals surface area contributed by atoms with Gasteiger partial charge in [0, 0.05) is 30.3 Å². The molecule has 3 heterocycles. The van der Waals surface area contributed by atoms with E-state index in [1.54, 1.807) is 12.1 Å². The van der Waals surface area contributed by atoms with Gasteiger partial charge in [0.2, 0.25) is 11.8 Å². The third-order valence-electron chi connectivity index (χ3n) is 5.44. The van der Waals surface area contributed by atoms with Gasteiger partial charge in [-0.05, 0) is 30.2 Å². The number of hydrogen-bond acceptors (Lipinski definition) is 6. The Kier molecular flexibility index (Phi) is 4.24. The van der Waals surface area contributed by atoms with Crippen LogP contribution in [0.4, 0.5) is 10.1 Å². The lowest BCUT2D eigenvalue weighted by atomic mass is 10.0. The van der Waals surface area contributed by atoms with Crippen molar-refractivity contribution in [3.63, 3.8) is 0 Å². The molecule has 0 saturated carbocycles. The van der Waals surface area contributed by atoms with Crippen molar-refractivity contribution >= 4 is 40.3 Å². The predicted octanol–water partition coefficient (Wildman–Crippen LogP) is 1.11. The summed E-state index contributed by atoms with van der Waals surface area (Å²) in [7, 11) is 0. The summed E-state index contributed by atoms with van der Waals surface area (Å²) in [5.41, 5.74) is 1.78. The van der Waals surface area contributed by atoms with Crippen LogP contribution in [0.15, 0.2) is 30.3 Å². The van der Waals surface area contributed by atoms with Gasteiger partial charge in [0.05, 0.1) is 5.56 Å². The van der Waals surface area contributed by atoms with Crippen LogP contribution in [0.1, 0.15) is 39.1 Å². The van der Waals surface area contributed by atoms with Gasteiger partial charge in [-0.2, -0.15) is 15.4 Å². The Morgan fingerprint density at radius 1 is 1.13 bits per heavy atom. The molecule has 4 amide bonds. The largest absolute Gasteiger partial charge is 0.322 e. The van der Waals surface area contributed by atoms with Gasteiger partial charge < -0.3 is 10.2 Å². The summed E-state index contributed by atoms with van der Waals surface area (Å²) in [6.45, 7) is 0.228. The summed E-state index contributed by atoms with van der Waals surface area (Å²) in [5, 5.41) is 14.8. The number of carbonyl (C=O) groups is 4. The molecule has 3 N–H and O–H groups in total. The maximum Gasteiger partial charge on any atom is 0.258 e. The zero-order valence-electron chi connectivity index (χ0n) is 15.9. The van der Waals surface area contributed by atoms with E-state index in [1.807, 2.05) is 0 Å². The highest BCUT2D eigenvalue weighted by molar-refractivity contribution is 6.08. The van der Waals surface area contributed by atoms with Gasteiger partial charge in [-0.1, -0.05) is 6.07 Å². The number of H-pyrrole nitrogens is 1. The molecule has 0 bridgehead atoms. The number of carbonyl (C=O) groups excluding carboxylic acids is 4. The smallest absolute Gasteiger partial charge is 0.258 e. The topological polar surface area (TPSA) is 137 Å². The molecule has 1 unspecified atom stereocenters. The maximum absolute atomic E-state index is 14.3. The molecule has 156 valence electrons. The summed E-state index contributed by atoms with van der Waals surface area (Å²) in [5.74, 6) is -2.66. The molecule has 2 aliphatic rings. The first-order chi connectivity index (χ1) is 14.9. The van der Waals surface area contributed by atoms with Crippen molar-refractivity contribution in [1.29, 1.82) is 0 Å². The van der Waals surface area contributed by atoms with Gasteiger partial charge in [-0.15, -0.1) is 0 Å². The monoisotopic (exact) mass is 422 g/mol. The summed E-state index contributed by atoms with van der Waals surface area (Å²) >= 11 is 0. The van der Waals surface area contributed by atoms with Crippen molar-refractivity contribution in [1.82, 2.24) is 25.6 Å². The number of piperidine rings is 1. The van der Waals surface area contributed by atoms with E-state index in [0.29, 0.717) is 27.8 Å². The lowest BCUT2D eigenvalue weighted by Gasteiger charge is -2.29. The number of halogens is 1. The molecule has 0 aliphatic carbocycles. The zero-order chi connectivity index (χ0) is 21.7. The van der Waals surface area contributed by atoms with Crippen molar-refractivity contribution < 1.29 is 23.6 Å². The number of nitrogens with one attached hydrogen (secondary N) is 3. The van der Waals surface area contributed by atoms with Gasteiger partial charge in [-0.25, -0.2) is 4.39 Å². The van der Waals surface area contributed by atoms with Crippen LogP contribution in [0.5, 0.6) is 0 Å². The lowest BCUT2D eigenvalue weighted by Crippen LogP contribution is -2.52. The second-order valence-corrected chi connectivity index (χ2v) is 7.37. The number of rotatable bonds is 3. The first-order valence-corrected chi connectivity index (χ1v) is 9.49. The molecular formula is C20H15FN6O4. The van der Waals surface area contributed by atoms with E-state index in [9.17, 15) is 23.6 Å². The van der Waals surface area contributed by atoms with E-state index < -0.39 is 23.7 Å². The van der Waals surface area contributed by atoms with Crippen LogP contribution in [0.2, 0.25) is 0 Å². The summed E-state index contributed by atoms with van der Waals surface area (Å²) in [4.78, 5) is 50.4. The molecule has 31 heavy (non-hydrogen) atoms. The summed E-state index contributed by atoms with van der Waals surface area (Å²) < 4.78 is 14.3. The van der Waals surface area contributed by atoms with Crippen molar-refractivity contribution in [2.75, 3.05) is 5.32 Å². The molecule has 0 radical (unpaired) electrons. The fourth-order valence-electron chi connectivity index (χ4n) is 3.87. The molecule has 2 aromatic carbocycles. The van der Waals surface area contributed by atoms with Gasteiger partial charge in [0.1, 0.15) is 22.9 Å². The van der Waals surface area contributed by atoms with E-state index in [-0.39, 0.29) is 36.8 Å². The standard InChI is InChI=1S/C20H15FN6O4/c21-13-7-15-14(24-26-25-15)6-12(13)18(29)22-10-2-1-9-8-27(20(31)11(9)5-10)16-3-4-17(28)23-19(16)30/h1-2,5-7,16H,3-4,8H2,(H,22,29)(H,23,28,30)(H,24,25,26). The van der Waals surface area contributed by atoms with Crippen LogP contribution in [0, 0.1) is 5.82 Å². The number of amides is 4. The van der Waals surface area contributed by atoms with Crippen molar-refractivity contribution in [3.05, 3.63) is 52.8 Å². The van der Waals surface area contributed by atoms with Crippen LogP contribution in [-0.4, -0.2) is 50.0 Å². The van der Waals surface area contributed by atoms with Crippen LogP contribution in [0.25, 0.3) is 11.0 Å². The fraction of sp³-hybridized carbons (Fsp3) is 0.200. The molecule has 2 aliphatic heterocycles. The van der Waals surface area contributed by atoms with E-state index in [1.165, 1.54) is 17.0 Å².